The predicted octanol–water partition coefficient (Wildman–Crippen LogP) is 5.76. The summed E-state index contributed by atoms with van der Waals surface area (Å²) in [5.41, 5.74) is 0.827. The molecule has 1 aliphatic rings. The molecule has 1 amide bonds. The van der Waals surface area contributed by atoms with Crippen molar-refractivity contribution in [2.24, 2.45) is 0 Å². The molecular formula is C23H18F3NO3. The first-order valence-electron chi connectivity index (χ1n) is 9.39. The van der Waals surface area contributed by atoms with Gasteiger partial charge < -0.3 is 15.2 Å². The first-order chi connectivity index (χ1) is 14.3. The standard InChI is InChI=1S/C23H18F3NO3/c24-23(25,26)16-7-9-18-15(4-2-10-30-21(18)12-16)11-22(29)27-20-5-1-3-14-6-8-17(28)13-19(14)20/h1,3,5-9,11-13,28H,2,4,10H2,(H,27,29)/b15-11+. The molecule has 1 aliphatic heterocycles. The van der Waals surface area contributed by atoms with E-state index in [0.29, 0.717) is 35.1 Å². The van der Waals surface area contributed by atoms with Crippen molar-refractivity contribution < 1.29 is 27.8 Å². The van der Waals surface area contributed by atoms with Crippen molar-refractivity contribution in [2.75, 3.05) is 11.9 Å². The first-order valence-corrected chi connectivity index (χ1v) is 9.39. The van der Waals surface area contributed by atoms with Crippen LogP contribution in [0.25, 0.3) is 16.3 Å². The van der Waals surface area contributed by atoms with Gasteiger partial charge in [-0.25, -0.2) is 0 Å². The molecule has 0 atom stereocenters. The molecule has 154 valence electrons. The SMILES string of the molecule is O=C(/C=C1\CCCOc2cc(C(F)(F)F)ccc21)Nc1cccc2ccc(O)cc12. The number of anilines is 1. The van der Waals surface area contributed by atoms with Gasteiger partial charge in [-0.2, -0.15) is 13.2 Å². The van der Waals surface area contributed by atoms with E-state index in [9.17, 15) is 23.1 Å². The number of halogens is 3. The molecule has 0 unspecified atom stereocenters. The van der Waals surface area contributed by atoms with Crippen molar-refractivity contribution in [3.8, 4) is 11.5 Å². The molecule has 7 heteroatoms. The van der Waals surface area contributed by atoms with Crippen molar-refractivity contribution in [1.82, 2.24) is 0 Å². The Bertz CT molecular complexity index is 1150. The van der Waals surface area contributed by atoms with Gasteiger partial charge in [0.25, 0.3) is 0 Å². The van der Waals surface area contributed by atoms with E-state index in [4.69, 9.17) is 4.74 Å². The van der Waals surface area contributed by atoms with Gasteiger partial charge in [0.05, 0.1) is 12.2 Å². The summed E-state index contributed by atoms with van der Waals surface area (Å²) < 4.78 is 44.5. The highest BCUT2D eigenvalue weighted by atomic mass is 19.4. The highest BCUT2D eigenvalue weighted by molar-refractivity contribution is 6.09. The lowest BCUT2D eigenvalue weighted by Gasteiger charge is -2.13. The minimum absolute atomic E-state index is 0.0814. The van der Waals surface area contributed by atoms with Gasteiger partial charge in [0.15, 0.2) is 0 Å². The Morgan fingerprint density at radius 3 is 2.73 bits per heavy atom. The van der Waals surface area contributed by atoms with Crippen molar-refractivity contribution in [3.63, 3.8) is 0 Å². The van der Waals surface area contributed by atoms with Crippen LogP contribution in [0.4, 0.5) is 18.9 Å². The van der Waals surface area contributed by atoms with Crippen LogP contribution in [-0.4, -0.2) is 17.6 Å². The summed E-state index contributed by atoms with van der Waals surface area (Å²) in [5.74, 6) is -0.206. The van der Waals surface area contributed by atoms with Gasteiger partial charge in [-0.3, -0.25) is 4.79 Å². The number of fused-ring (bicyclic) bond motifs is 2. The van der Waals surface area contributed by atoms with Crippen LogP contribution in [0.2, 0.25) is 0 Å². The second-order valence-corrected chi connectivity index (χ2v) is 7.03. The molecule has 0 bridgehead atoms. The van der Waals surface area contributed by atoms with Gasteiger partial charge in [0.1, 0.15) is 11.5 Å². The van der Waals surface area contributed by atoms with Crippen molar-refractivity contribution in [2.45, 2.75) is 19.0 Å². The number of ether oxygens (including phenoxy) is 1. The van der Waals surface area contributed by atoms with Crippen molar-refractivity contribution in [3.05, 3.63) is 71.8 Å². The van der Waals surface area contributed by atoms with Crippen LogP contribution in [0.1, 0.15) is 24.0 Å². The normalized spacial score (nSPS) is 15.4. The Kier molecular flexibility index (Phi) is 5.11. The maximum atomic E-state index is 13.0. The maximum absolute atomic E-state index is 13.0. The lowest BCUT2D eigenvalue weighted by atomic mass is 9.99. The first kappa shape index (κ1) is 19.8. The monoisotopic (exact) mass is 413 g/mol. The molecule has 0 spiro atoms. The van der Waals surface area contributed by atoms with Crippen LogP contribution in [0.15, 0.2) is 60.7 Å². The molecule has 4 nitrogen and oxygen atoms in total. The molecular weight excluding hydrogens is 395 g/mol. The van der Waals surface area contributed by atoms with Gasteiger partial charge in [-0.15, -0.1) is 0 Å². The molecule has 0 radical (unpaired) electrons. The molecule has 30 heavy (non-hydrogen) atoms. The third-order valence-electron chi connectivity index (χ3n) is 4.93. The molecule has 4 rings (SSSR count). The molecule has 3 aromatic carbocycles. The number of phenolic OH excluding ortho intramolecular Hbond substituents is 1. The second kappa shape index (κ2) is 7.74. The number of amides is 1. The van der Waals surface area contributed by atoms with Crippen molar-refractivity contribution >= 4 is 27.9 Å². The number of carbonyl (C=O) groups excluding carboxylic acids is 1. The highest BCUT2D eigenvalue weighted by Crippen LogP contribution is 2.38. The second-order valence-electron chi connectivity index (χ2n) is 7.03. The summed E-state index contributed by atoms with van der Waals surface area (Å²) in [6.07, 6.45) is -1.99. The zero-order valence-electron chi connectivity index (χ0n) is 15.8. The average Bonchev–Trinajstić information content (AvgIpc) is 2.89. The summed E-state index contributed by atoms with van der Waals surface area (Å²) in [6.45, 7) is 0.274. The van der Waals surface area contributed by atoms with E-state index in [1.165, 1.54) is 12.1 Å². The lowest BCUT2D eigenvalue weighted by Crippen LogP contribution is -2.09. The van der Waals surface area contributed by atoms with Crippen LogP contribution < -0.4 is 10.1 Å². The number of benzene rings is 3. The third kappa shape index (κ3) is 4.10. The van der Waals surface area contributed by atoms with Gasteiger partial charge in [-0.05, 0) is 54.1 Å². The highest BCUT2D eigenvalue weighted by Gasteiger charge is 2.32. The van der Waals surface area contributed by atoms with E-state index in [0.717, 1.165) is 17.5 Å². The van der Waals surface area contributed by atoms with Crippen LogP contribution in [-0.2, 0) is 11.0 Å². The lowest BCUT2D eigenvalue weighted by molar-refractivity contribution is -0.137. The number of hydrogen-bond acceptors (Lipinski definition) is 3. The predicted molar refractivity (Wildman–Crippen MR) is 108 cm³/mol. The fraction of sp³-hybridized carbons (Fsp3) is 0.174. The molecule has 0 aliphatic carbocycles. The summed E-state index contributed by atoms with van der Waals surface area (Å²) in [4.78, 5) is 12.7. The number of aromatic hydroxyl groups is 1. The summed E-state index contributed by atoms with van der Waals surface area (Å²) in [5, 5.41) is 14.1. The van der Waals surface area contributed by atoms with Crippen LogP contribution >= 0.6 is 0 Å². The van der Waals surface area contributed by atoms with Gasteiger partial charge in [0, 0.05) is 22.7 Å². The molecule has 3 aromatic rings. The minimum Gasteiger partial charge on any atom is -0.508 e. The number of carbonyl (C=O) groups is 1. The number of alkyl halides is 3. The molecule has 1 heterocycles. The van der Waals surface area contributed by atoms with E-state index in [2.05, 4.69) is 5.32 Å². The van der Waals surface area contributed by atoms with Gasteiger partial charge in [-0.1, -0.05) is 24.3 Å². The van der Waals surface area contributed by atoms with E-state index < -0.39 is 17.6 Å². The molecule has 0 saturated heterocycles. The Labute approximate surface area is 170 Å². The zero-order chi connectivity index (χ0) is 21.3. The summed E-state index contributed by atoms with van der Waals surface area (Å²) >= 11 is 0. The summed E-state index contributed by atoms with van der Waals surface area (Å²) in [6, 6.07) is 13.5. The number of rotatable bonds is 2. The fourth-order valence-corrected chi connectivity index (χ4v) is 3.51. The Hall–Kier alpha value is -3.48. The van der Waals surface area contributed by atoms with Gasteiger partial charge >= 0.3 is 6.18 Å². The van der Waals surface area contributed by atoms with E-state index in [-0.39, 0.29) is 18.1 Å². The van der Waals surface area contributed by atoms with Crippen LogP contribution in [0.5, 0.6) is 11.5 Å². The molecule has 0 saturated carbocycles. The maximum Gasteiger partial charge on any atom is 0.416 e. The Morgan fingerprint density at radius 1 is 1.10 bits per heavy atom. The average molecular weight is 413 g/mol. The topological polar surface area (TPSA) is 58.6 Å². The van der Waals surface area contributed by atoms with Crippen LogP contribution in [0, 0.1) is 0 Å². The quantitative estimate of drug-likeness (QED) is 0.525. The fourth-order valence-electron chi connectivity index (χ4n) is 3.51. The molecule has 0 fully saturated rings. The smallest absolute Gasteiger partial charge is 0.416 e. The minimum atomic E-state index is -4.47. The van der Waals surface area contributed by atoms with E-state index in [1.807, 2.05) is 6.07 Å². The Balaban J connectivity index is 1.66. The number of phenols is 1. The third-order valence-corrected chi connectivity index (χ3v) is 4.93. The zero-order valence-corrected chi connectivity index (χ0v) is 15.8. The summed E-state index contributed by atoms with van der Waals surface area (Å²) in [7, 11) is 0. The van der Waals surface area contributed by atoms with E-state index in [1.54, 1.807) is 30.3 Å². The Morgan fingerprint density at radius 2 is 1.93 bits per heavy atom. The number of nitrogens with one attached hydrogen (secondary N) is 1. The van der Waals surface area contributed by atoms with Gasteiger partial charge in [0.2, 0.25) is 5.91 Å². The molecule has 0 aromatic heterocycles. The molecule has 2 N–H and O–H groups in total. The largest absolute Gasteiger partial charge is 0.508 e. The van der Waals surface area contributed by atoms with Crippen molar-refractivity contribution in [1.29, 1.82) is 0 Å². The number of allylic oxidation sites excluding steroid dienone is 1. The van der Waals surface area contributed by atoms with E-state index >= 15 is 0 Å². The van der Waals surface area contributed by atoms with Crippen LogP contribution in [0.3, 0.4) is 0 Å². The number of hydrogen-bond donors (Lipinski definition) is 2.